The summed E-state index contributed by atoms with van der Waals surface area (Å²) in [5.41, 5.74) is 3.62. The van der Waals surface area contributed by atoms with Crippen molar-refractivity contribution in [2.75, 3.05) is 6.16 Å². The first kappa shape index (κ1) is 18.4. The zero-order chi connectivity index (χ0) is 16.5. The van der Waals surface area contributed by atoms with Crippen LogP contribution in [0.2, 0.25) is 0 Å². The Balaban J connectivity index is 1.79. The van der Waals surface area contributed by atoms with Crippen LogP contribution in [0.3, 0.4) is 0 Å². The summed E-state index contributed by atoms with van der Waals surface area (Å²) in [5, 5.41) is 0. The number of hydrogen-bond donors (Lipinski definition) is 0. The van der Waals surface area contributed by atoms with Gasteiger partial charge in [0, 0.05) is 5.66 Å². The molecule has 1 heterocycles. The van der Waals surface area contributed by atoms with Crippen molar-refractivity contribution in [2.45, 2.75) is 101 Å². The molecule has 1 heteroatoms. The molecular weight excluding hydrogens is 307 g/mol. The maximum Gasteiger partial charge on any atom is 0.00443 e. The van der Waals surface area contributed by atoms with Gasteiger partial charge >= 0.3 is 0 Å². The minimum Gasteiger partial charge on any atom is -0.0958 e. The molecule has 1 aliphatic heterocycles. The number of hydrogen-bond acceptors (Lipinski definition) is 0. The standard InChI is InChI=1S/C23H37P/c1-2-5-12-18-22(17-11-4-1)24-20-14-7-3-6-13-19-23(24)21-15-9-8-10-16-21/h8-10,15-16,22-23H,1-7,11-14,17-20H2. The first-order chi connectivity index (χ1) is 11.9. The van der Waals surface area contributed by atoms with Gasteiger partial charge in [-0.05, 0) is 43.1 Å². The van der Waals surface area contributed by atoms with Gasteiger partial charge in [0.2, 0.25) is 0 Å². The van der Waals surface area contributed by atoms with Gasteiger partial charge in [-0.25, -0.2) is 0 Å². The second kappa shape index (κ2) is 10.6. The van der Waals surface area contributed by atoms with Gasteiger partial charge in [0.15, 0.2) is 0 Å². The minimum absolute atomic E-state index is 0.169. The highest BCUT2D eigenvalue weighted by molar-refractivity contribution is 7.58. The van der Waals surface area contributed by atoms with Crippen LogP contribution in [-0.4, -0.2) is 11.8 Å². The van der Waals surface area contributed by atoms with Crippen molar-refractivity contribution in [1.82, 2.24) is 0 Å². The van der Waals surface area contributed by atoms with Gasteiger partial charge in [-0.15, -0.1) is 0 Å². The van der Waals surface area contributed by atoms with E-state index in [0.29, 0.717) is 0 Å². The van der Waals surface area contributed by atoms with Crippen LogP contribution in [0.25, 0.3) is 0 Å². The molecule has 2 aliphatic rings. The second-order valence-corrected chi connectivity index (χ2v) is 10.9. The molecule has 1 saturated carbocycles. The SMILES string of the molecule is c1ccc(C2CCCCCCCP2C2CCCCCCCC2)cc1. The predicted molar refractivity (Wildman–Crippen MR) is 109 cm³/mol. The average Bonchev–Trinajstić information content (AvgIpc) is 2.84. The molecule has 0 aromatic heterocycles. The van der Waals surface area contributed by atoms with E-state index in [9.17, 15) is 0 Å². The lowest BCUT2D eigenvalue weighted by atomic mass is 10.0. The fraction of sp³-hybridized carbons (Fsp3) is 0.739. The van der Waals surface area contributed by atoms with Gasteiger partial charge < -0.3 is 0 Å². The van der Waals surface area contributed by atoms with Crippen LogP contribution in [0.5, 0.6) is 0 Å². The minimum atomic E-state index is 0.169. The molecule has 0 amide bonds. The molecule has 1 aromatic rings. The zero-order valence-corrected chi connectivity index (χ0v) is 16.5. The van der Waals surface area contributed by atoms with E-state index in [1.807, 2.05) is 0 Å². The van der Waals surface area contributed by atoms with Crippen molar-refractivity contribution in [1.29, 1.82) is 0 Å². The third kappa shape index (κ3) is 5.59. The van der Waals surface area contributed by atoms with Gasteiger partial charge in [-0.3, -0.25) is 0 Å². The van der Waals surface area contributed by atoms with Crippen LogP contribution in [0.4, 0.5) is 0 Å². The Morgan fingerprint density at radius 1 is 0.583 bits per heavy atom. The van der Waals surface area contributed by atoms with Crippen molar-refractivity contribution >= 4 is 7.92 Å². The highest BCUT2D eigenvalue weighted by Crippen LogP contribution is 2.60. The lowest BCUT2D eigenvalue weighted by Crippen LogP contribution is -2.13. The Kier molecular flexibility index (Phi) is 8.14. The molecular formula is C23H37P. The Hall–Kier alpha value is -0.350. The molecule has 0 bridgehead atoms. The third-order valence-corrected chi connectivity index (χ3v) is 9.92. The molecule has 1 saturated heterocycles. The summed E-state index contributed by atoms with van der Waals surface area (Å²) in [6.07, 6.45) is 22.5. The molecule has 2 unspecified atom stereocenters. The van der Waals surface area contributed by atoms with E-state index in [4.69, 9.17) is 0 Å². The quantitative estimate of drug-likeness (QED) is 0.476. The van der Waals surface area contributed by atoms with Gasteiger partial charge in [-0.1, -0.05) is 102 Å². The van der Waals surface area contributed by atoms with E-state index in [2.05, 4.69) is 30.3 Å². The van der Waals surface area contributed by atoms with E-state index >= 15 is 0 Å². The fourth-order valence-electron chi connectivity index (χ4n) is 4.90. The molecule has 2 atom stereocenters. The third-order valence-electron chi connectivity index (χ3n) is 6.27. The van der Waals surface area contributed by atoms with Crippen LogP contribution < -0.4 is 0 Å². The van der Waals surface area contributed by atoms with E-state index < -0.39 is 0 Å². The summed E-state index contributed by atoms with van der Waals surface area (Å²) < 4.78 is 0. The Morgan fingerprint density at radius 3 is 1.79 bits per heavy atom. The molecule has 0 N–H and O–H groups in total. The first-order valence-corrected chi connectivity index (χ1v) is 12.4. The monoisotopic (exact) mass is 344 g/mol. The van der Waals surface area contributed by atoms with Crippen molar-refractivity contribution in [3.05, 3.63) is 35.9 Å². The number of rotatable bonds is 2. The molecule has 3 rings (SSSR count). The summed E-state index contributed by atoms with van der Waals surface area (Å²) in [4.78, 5) is 0. The summed E-state index contributed by atoms with van der Waals surface area (Å²) in [6, 6.07) is 11.6. The van der Waals surface area contributed by atoms with Gasteiger partial charge in [0.25, 0.3) is 0 Å². The highest BCUT2D eigenvalue weighted by atomic mass is 31.1. The van der Waals surface area contributed by atoms with Crippen LogP contribution in [-0.2, 0) is 0 Å². The summed E-state index contributed by atoms with van der Waals surface area (Å²) in [5.74, 6) is 0. The first-order valence-electron chi connectivity index (χ1n) is 10.8. The summed E-state index contributed by atoms with van der Waals surface area (Å²) in [6.45, 7) is 0. The second-order valence-electron chi connectivity index (χ2n) is 8.07. The topological polar surface area (TPSA) is 0 Å². The van der Waals surface area contributed by atoms with Gasteiger partial charge in [0.1, 0.15) is 0 Å². The van der Waals surface area contributed by atoms with Crippen molar-refractivity contribution < 1.29 is 0 Å². The molecule has 1 aliphatic carbocycles. The molecule has 1 aromatic carbocycles. The van der Waals surface area contributed by atoms with E-state index in [0.717, 1.165) is 11.3 Å². The Labute approximate surface area is 151 Å². The van der Waals surface area contributed by atoms with Crippen molar-refractivity contribution in [3.63, 3.8) is 0 Å². The maximum atomic E-state index is 2.44. The molecule has 0 spiro atoms. The number of benzene rings is 1. The maximum absolute atomic E-state index is 2.44. The van der Waals surface area contributed by atoms with Crippen molar-refractivity contribution in [3.8, 4) is 0 Å². The predicted octanol–water partition coefficient (Wildman–Crippen LogP) is 8.07. The van der Waals surface area contributed by atoms with Gasteiger partial charge in [0.05, 0.1) is 0 Å². The zero-order valence-electron chi connectivity index (χ0n) is 15.6. The molecule has 0 nitrogen and oxygen atoms in total. The van der Waals surface area contributed by atoms with Crippen molar-refractivity contribution in [2.24, 2.45) is 0 Å². The highest BCUT2D eigenvalue weighted by Gasteiger charge is 2.29. The summed E-state index contributed by atoms with van der Waals surface area (Å²) >= 11 is 0. The molecule has 0 radical (unpaired) electrons. The largest absolute Gasteiger partial charge is 0.0958 e. The molecule has 134 valence electrons. The molecule has 24 heavy (non-hydrogen) atoms. The van der Waals surface area contributed by atoms with Crippen LogP contribution in [0, 0.1) is 0 Å². The average molecular weight is 345 g/mol. The van der Waals surface area contributed by atoms with Crippen LogP contribution in [0.1, 0.15) is 101 Å². The Bertz CT molecular complexity index is 431. The lowest BCUT2D eigenvalue weighted by molar-refractivity contribution is 0.607. The van der Waals surface area contributed by atoms with E-state index in [1.165, 1.54) is 89.9 Å². The van der Waals surface area contributed by atoms with Crippen LogP contribution >= 0.6 is 7.92 Å². The normalized spacial score (nSPS) is 28.7. The fourth-order valence-corrected chi connectivity index (χ4v) is 8.77. The van der Waals surface area contributed by atoms with E-state index in [1.54, 1.807) is 11.7 Å². The molecule has 2 fully saturated rings. The van der Waals surface area contributed by atoms with E-state index in [-0.39, 0.29) is 7.92 Å². The summed E-state index contributed by atoms with van der Waals surface area (Å²) in [7, 11) is 0.169. The smallest absolute Gasteiger partial charge is 0.00443 e. The lowest BCUT2D eigenvalue weighted by Gasteiger charge is -2.35. The van der Waals surface area contributed by atoms with Crippen LogP contribution in [0.15, 0.2) is 30.3 Å². The Morgan fingerprint density at radius 2 is 1.12 bits per heavy atom. The van der Waals surface area contributed by atoms with Gasteiger partial charge in [-0.2, -0.15) is 0 Å².